The first-order valence-electron chi connectivity index (χ1n) is 7.73. The summed E-state index contributed by atoms with van der Waals surface area (Å²) in [6.07, 6.45) is 3.35. The van der Waals surface area contributed by atoms with Gasteiger partial charge in [0, 0.05) is 44.1 Å². The van der Waals surface area contributed by atoms with Crippen molar-refractivity contribution in [3.63, 3.8) is 0 Å². The highest BCUT2D eigenvalue weighted by Crippen LogP contribution is 2.33. The molecule has 3 aromatic heterocycles. The summed E-state index contributed by atoms with van der Waals surface area (Å²) in [6.45, 7) is 2.11. The van der Waals surface area contributed by atoms with Gasteiger partial charge in [-0.25, -0.2) is 9.97 Å². The van der Waals surface area contributed by atoms with E-state index in [9.17, 15) is 13.6 Å². The summed E-state index contributed by atoms with van der Waals surface area (Å²) in [7, 11) is 3.16. The van der Waals surface area contributed by atoms with Crippen molar-refractivity contribution in [2.45, 2.75) is 19.8 Å². The standard InChI is InChI=1S/C17H17F2N5O2/c1-9(25)21-14-5-10-11(8-24(3)13(10)7-20-14)12-6-15(26-4)23-16(22-12)17(2,18)19/h5-8H,1-4H3,(H,20,21,25). The second-order valence-corrected chi connectivity index (χ2v) is 5.93. The number of amides is 1. The summed E-state index contributed by atoms with van der Waals surface area (Å²) in [5, 5.41) is 3.31. The Hall–Kier alpha value is -3.10. The van der Waals surface area contributed by atoms with Gasteiger partial charge >= 0.3 is 5.92 Å². The minimum absolute atomic E-state index is 0.0414. The summed E-state index contributed by atoms with van der Waals surface area (Å²) in [4.78, 5) is 23.2. The number of alkyl halides is 2. The number of methoxy groups -OCH3 is 1. The number of carbonyl (C=O) groups is 1. The number of rotatable bonds is 4. The highest BCUT2D eigenvalue weighted by atomic mass is 19.3. The Morgan fingerprint density at radius 2 is 2.04 bits per heavy atom. The maximum absolute atomic E-state index is 13.8. The van der Waals surface area contributed by atoms with Crippen LogP contribution in [0.1, 0.15) is 19.7 Å². The summed E-state index contributed by atoms with van der Waals surface area (Å²) >= 11 is 0. The number of ether oxygens (including phenoxy) is 1. The molecule has 9 heteroatoms. The van der Waals surface area contributed by atoms with Gasteiger partial charge in [-0.3, -0.25) is 4.79 Å². The van der Waals surface area contributed by atoms with Crippen LogP contribution in [-0.2, 0) is 17.8 Å². The van der Waals surface area contributed by atoms with Gasteiger partial charge in [0.15, 0.2) is 0 Å². The molecule has 0 bridgehead atoms. The molecule has 0 saturated carbocycles. The van der Waals surface area contributed by atoms with Gasteiger partial charge < -0.3 is 14.6 Å². The van der Waals surface area contributed by atoms with E-state index in [-0.39, 0.29) is 11.8 Å². The fourth-order valence-electron chi connectivity index (χ4n) is 2.59. The minimum atomic E-state index is -3.21. The average molecular weight is 361 g/mol. The van der Waals surface area contributed by atoms with Crippen molar-refractivity contribution in [2.24, 2.45) is 7.05 Å². The minimum Gasteiger partial charge on any atom is -0.481 e. The molecule has 136 valence electrons. The van der Waals surface area contributed by atoms with E-state index in [2.05, 4.69) is 20.3 Å². The SMILES string of the molecule is COc1cc(-c2cn(C)c3cnc(NC(C)=O)cc23)nc(C(C)(F)F)n1. The van der Waals surface area contributed by atoms with Crippen LogP contribution in [0, 0.1) is 0 Å². The van der Waals surface area contributed by atoms with E-state index in [0.717, 1.165) is 12.4 Å². The van der Waals surface area contributed by atoms with Crippen molar-refractivity contribution in [2.75, 3.05) is 12.4 Å². The van der Waals surface area contributed by atoms with Crippen LogP contribution in [0.3, 0.4) is 0 Å². The number of hydrogen-bond acceptors (Lipinski definition) is 5. The van der Waals surface area contributed by atoms with E-state index in [1.54, 1.807) is 30.1 Å². The van der Waals surface area contributed by atoms with Gasteiger partial charge in [0.1, 0.15) is 5.82 Å². The maximum atomic E-state index is 13.8. The third-order valence-corrected chi connectivity index (χ3v) is 3.76. The van der Waals surface area contributed by atoms with E-state index in [0.29, 0.717) is 22.5 Å². The van der Waals surface area contributed by atoms with Crippen molar-refractivity contribution >= 4 is 22.6 Å². The lowest BCUT2D eigenvalue weighted by Gasteiger charge is -2.11. The van der Waals surface area contributed by atoms with Crippen LogP contribution in [0.25, 0.3) is 22.2 Å². The van der Waals surface area contributed by atoms with Gasteiger partial charge in [0.25, 0.3) is 0 Å². The van der Waals surface area contributed by atoms with Crippen LogP contribution in [0.15, 0.2) is 24.5 Å². The first-order valence-corrected chi connectivity index (χ1v) is 7.73. The third-order valence-electron chi connectivity index (χ3n) is 3.76. The van der Waals surface area contributed by atoms with Crippen molar-refractivity contribution in [1.82, 2.24) is 19.5 Å². The lowest BCUT2D eigenvalue weighted by atomic mass is 10.1. The molecular formula is C17H17F2N5O2. The normalized spacial score (nSPS) is 11.6. The van der Waals surface area contributed by atoms with Gasteiger partial charge in [-0.1, -0.05) is 0 Å². The molecule has 3 rings (SSSR count). The fraction of sp³-hybridized carbons (Fsp3) is 0.294. The summed E-state index contributed by atoms with van der Waals surface area (Å²) in [5.41, 5.74) is 1.65. The van der Waals surface area contributed by atoms with Crippen LogP contribution in [0.5, 0.6) is 5.88 Å². The lowest BCUT2D eigenvalue weighted by Crippen LogP contribution is -2.13. The first kappa shape index (κ1) is 17.7. The van der Waals surface area contributed by atoms with Crippen molar-refractivity contribution in [3.05, 3.63) is 30.4 Å². The zero-order chi connectivity index (χ0) is 19.1. The van der Waals surface area contributed by atoms with Gasteiger partial charge in [0.2, 0.25) is 17.6 Å². The summed E-state index contributed by atoms with van der Waals surface area (Å²) in [6, 6.07) is 3.16. The van der Waals surface area contributed by atoms with Crippen molar-refractivity contribution in [3.8, 4) is 17.1 Å². The Morgan fingerprint density at radius 3 is 2.65 bits per heavy atom. The van der Waals surface area contributed by atoms with Crippen LogP contribution >= 0.6 is 0 Å². The second kappa shape index (κ2) is 6.32. The van der Waals surface area contributed by atoms with E-state index in [1.807, 2.05) is 0 Å². The molecule has 3 aromatic rings. The van der Waals surface area contributed by atoms with Crippen LogP contribution in [0.2, 0.25) is 0 Å². The number of aryl methyl sites for hydroxylation is 1. The number of hydrogen-bond donors (Lipinski definition) is 1. The zero-order valence-corrected chi connectivity index (χ0v) is 14.7. The Morgan fingerprint density at radius 1 is 1.31 bits per heavy atom. The molecule has 1 N–H and O–H groups in total. The molecular weight excluding hydrogens is 344 g/mol. The number of nitrogens with one attached hydrogen (secondary N) is 1. The molecule has 3 heterocycles. The molecule has 0 atom stereocenters. The third kappa shape index (κ3) is 3.32. The molecule has 0 aliphatic heterocycles. The highest BCUT2D eigenvalue weighted by Gasteiger charge is 2.30. The largest absolute Gasteiger partial charge is 0.481 e. The molecule has 7 nitrogen and oxygen atoms in total. The van der Waals surface area contributed by atoms with Crippen molar-refractivity contribution in [1.29, 1.82) is 0 Å². The summed E-state index contributed by atoms with van der Waals surface area (Å²) in [5.74, 6) is -3.69. The molecule has 0 fully saturated rings. The zero-order valence-electron chi connectivity index (χ0n) is 14.7. The summed E-state index contributed by atoms with van der Waals surface area (Å²) < 4.78 is 34.3. The molecule has 0 aromatic carbocycles. The van der Waals surface area contributed by atoms with Gasteiger partial charge in [-0.05, 0) is 6.07 Å². The Kier molecular flexibility index (Phi) is 4.31. The van der Waals surface area contributed by atoms with Gasteiger partial charge in [0.05, 0.1) is 24.5 Å². The van der Waals surface area contributed by atoms with Gasteiger partial charge in [-0.2, -0.15) is 13.8 Å². The molecule has 0 aliphatic rings. The van der Waals surface area contributed by atoms with E-state index >= 15 is 0 Å². The number of carbonyl (C=O) groups excluding carboxylic acids is 1. The molecule has 0 radical (unpaired) electrons. The predicted octanol–water partition coefficient (Wildman–Crippen LogP) is 3.11. The Bertz CT molecular complexity index is 995. The topological polar surface area (TPSA) is 81.9 Å². The Balaban J connectivity index is 2.23. The monoisotopic (exact) mass is 361 g/mol. The van der Waals surface area contributed by atoms with E-state index < -0.39 is 11.7 Å². The fourth-order valence-corrected chi connectivity index (χ4v) is 2.59. The molecule has 0 unspecified atom stereocenters. The second-order valence-electron chi connectivity index (χ2n) is 5.93. The molecule has 0 saturated heterocycles. The van der Waals surface area contributed by atoms with Crippen LogP contribution in [-0.4, -0.2) is 32.5 Å². The molecule has 0 aliphatic carbocycles. The number of pyridine rings is 1. The number of fused-ring (bicyclic) bond motifs is 1. The number of halogens is 2. The molecule has 0 spiro atoms. The number of anilines is 1. The van der Waals surface area contributed by atoms with E-state index in [1.165, 1.54) is 20.1 Å². The van der Waals surface area contributed by atoms with Crippen molar-refractivity contribution < 1.29 is 18.3 Å². The smallest absolute Gasteiger partial charge is 0.303 e. The maximum Gasteiger partial charge on any atom is 0.303 e. The Labute approximate surface area is 148 Å². The van der Waals surface area contributed by atoms with E-state index in [4.69, 9.17) is 4.74 Å². The van der Waals surface area contributed by atoms with Gasteiger partial charge in [-0.15, -0.1) is 0 Å². The molecule has 26 heavy (non-hydrogen) atoms. The van der Waals surface area contributed by atoms with Crippen LogP contribution in [0.4, 0.5) is 14.6 Å². The number of nitrogens with zero attached hydrogens (tertiary/aromatic N) is 4. The lowest BCUT2D eigenvalue weighted by molar-refractivity contribution is -0.114. The molecule has 1 amide bonds. The number of aromatic nitrogens is 4. The van der Waals surface area contributed by atoms with Crippen LogP contribution < -0.4 is 10.1 Å². The first-order chi connectivity index (χ1) is 12.2. The quantitative estimate of drug-likeness (QED) is 0.772. The predicted molar refractivity (Wildman–Crippen MR) is 92.2 cm³/mol. The highest BCUT2D eigenvalue weighted by molar-refractivity contribution is 5.98. The average Bonchev–Trinajstić information content (AvgIpc) is 2.89.